The second-order valence-electron chi connectivity index (χ2n) is 7.49. The first-order valence-electron chi connectivity index (χ1n) is 9.60. The van der Waals surface area contributed by atoms with Crippen molar-refractivity contribution in [2.45, 2.75) is 44.4 Å². The van der Waals surface area contributed by atoms with Crippen LogP contribution in [0, 0.1) is 0 Å². The van der Waals surface area contributed by atoms with Crippen molar-refractivity contribution >= 4 is 45.4 Å². The molecule has 3 atom stereocenters. The molecule has 3 rings (SSSR count). The number of thioether (sulfide) groups is 1. The minimum atomic E-state index is -1.19. The Morgan fingerprint density at radius 3 is 2.41 bits per heavy atom. The van der Waals surface area contributed by atoms with Gasteiger partial charge in [0.05, 0.1) is 18.2 Å². The highest BCUT2D eigenvalue weighted by molar-refractivity contribution is 8.14. The first-order chi connectivity index (χ1) is 13.8. The summed E-state index contributed by atoms with van der Waals surface area (Å²) in [6, 6.07) is 12.5. The summed E-state index contributed by atoms with van der Waals surface area (Å²) in [5.74, 6) is -0.852. The number of hydrogen-bond donors (Lipinski definition) is 1. The van der Waals surface area contributed by atoms with Crippen LogP contribution >= 0.6 is 11.8 Å². The Bertz CT molecular complexity index is 988. The van der Waals surface area contributed by atoms with Gasteiger partial charge < -0.3 is 5.11 Å². The molecule has 6 nitrogen and oxygen atoms in total. The molecular weight excluding hydrogens is 390 g/mol. The summed E-state index contributed by atoms with van der Waals surface area (Å²) in [6.07, 6.45) is -0.194. The topological polar surface area (TPSA) is 88.5 Å². The summed E-state index contributed by atoms with van der Waals surface area (Å²) in [5, 5.41) is 10.4. The van der Waals surface area contributed by atoms with Gasteiger partial charge in [0.2, 0.25) is 0 Å². The minimum Gasteiger partial charge on any atom is -0.435 e. The Labute approximate surface area is 173 Å². The quantitative estimate of drug-likeness (QED) is 0.581. The minimum absolute atomic E-state index is 0.219. The molecule has 1 saturated heterocycles. The Morgan fingerprint density at radius 2 is 1.83 bits per heavy atom. The predicted octanol–water partition coefficient (Wildman–Crippen LogP) is 4.26. The number of hydrogen-bond acceptors (Lipinski definition) is 5. The van der Waals surface area contributed by atoms with E-state index in [-0.39, 0.29) is 29.9 Å². The van der Waals surface area contributed by atoms with Gasteiger partial charge >= 0.3 is 12.0 Å². The van der Waals surface area contributed by atoms with E-state index in [4.69, 9.17) is 0 Å². The highest BCUT2D eigenvalue weighted by Crippen LogP contribution is 2.32. The Hall–Kier alpha value is -2.51. The average Bonchev–Trinajstić information content (AvgIpc) is 3.08. The third kappa shape index (κ3) is 4.11. The van der Waals surface area contributed by atoms with Gasteiger partial charge in [-0.3, -0.25) is 9.59 Å². The fourth-order valence-electron chi connectivity index (χ4n) is 4.08. The molecule has 2 aromatic carbocycles. The van der Waals surface area contributed by atoms with Crippen molar-refractivity contribution in [1.82, 2.24) is 0 Å². The number of carbonyl (C=O) groups is 4. The van der Waals surface area contributed by atoms with Crippen LogP contribution in [0.5, 0.6) is 0 Å². The van der Waals surface area contributed by atoms with Gasteiger partial charge in [-0.1, -0.05) is 48.2 Å². The molecule has 1 N–H and O–H groups in total. The second-order valence-corrected chi connectivity index (χ2v) is 8.87. The van der Waals surface area contributed by atoms with E-state index >= 15 is 0 Å². The number of imide groups is 1. The highest BCUT2D eigenvalue weighted by atomic mass is 32.2. The molecule has 1 heterocycles. The number of carboxylic acid groups (broad SMARTS) is 1. The van der Waals surface area contributed by atoms with Crippen LogP contribution in [0.25, 0.3) is 10.8 Å². The monoisotopic (exact) mass is 414 g/mol. The van der Waals surface area contributed by atoms with Crippen molar-refractivity contribution in [3.05, 3.63) is 48.0 Å². The van der Waals surface area contributed by atoms with Crippen LogP contribution in [0.3, 0.4) is 0 Å². The molecule has 0 bridgehead atoms. The van der Waals surface area contributed by atoms with Gasteiger partial charge in [-0.15, -0.1) is 0 Å². The van der Waals surface area contributed by atoms with Crippen LogP contribution in [-0.4, -0.2) is 50.3 Å². The maximum atomic E-state index is 13.2. The molecule has 2 amide bonds. The first-order valence-corrected chi connectivity index (χ1v) is 10.5. The van der Waals surface area contributed by atoms with Crippen molar-refractivity contribution in [2.75, 3.05) is 6.54 Å². The standard InChI is InChI=1S/C22H23NO5S/c1-14-6-5-11-23(14,22(27)28)20(25)13-19(29-15(2)24)21(26)18-10-9-16-7-3-4-8-17(16)12-18/h3-4,7-10,12,14,19H,5-6,11,13H2,1-2H3/p+1/t14-,19?,23?/m1/s1. The summed E-state index contributed by atoms with van der Waals surface area (Å²) in [4.78, 5) is 49.9. The van der Waals surface area contributed by atoms with E-state index in [1.807, 2.05) is 30.3 Å². The average molecular weight is 415 g/mol. The number of Topliss-reactive ketones (excluding diaryl/α,β-unsaturated/α-hetero) is 1. The van der Waals surface area contributed by atoms with E-state index in [1.54, 1.807) is 19.1 Å². The zero-order valence-electron chi connectivity index (χ0n) is 16.5. The van der Waals surface area contributed by atoms with Crippen LogP contribution in [0.2, 0.25) is 0 Å². The maximum absolute atomic E-state index is 13.2. The molecular formula is C22H24NO5S+. The van der Waals surface area contributed by atoms with E-state index in [9.17, 15) is 24.3 Å². The van der Waals surface area contributed by atoms with Crippen molar-refractivity contribution in [3.63, 3.8) is 0 Å². The van der Waals surface area contributed by atoms with E-state index in [2.05, 4.69) is 0 Å². The molecule has 152 valence electrons. The smallest absolute Gasteiger partial charge is 0.435 e. The van der Waals surface area contributed by atoms with Crippen LogP contribution in [0.1, 0.15) is 43.5 Å². The molecule has 0 spiro atoms. The number of nitrogens with zero attached hydrogens (tertiary/aromatic N) is 1. The number of rotatable bonds is 5. The molecule has 0 radical (unpaired) electrons. The third-order valence-corrected chi connectivity index (χ3v) is 6.66. The van der Waals surface area contributed by atoms with Crippen LogP contribution < -0.4 is 0 Å². The zero-order valence-corrected chi connectivity index (χ0v) is 17.3. The first kappa shape index (κ1) is 21.2. The molecule has 1 aliphatic rings. The van der Waals surface area contributed by atoms with Crippen molar-refractivity contribution in [2.24, 2.45) is 0 Å². The van der Waals surface area contributed by atoms with Gasteiger partial charge in [0.1, 0.15) is 6.04 Å². The Morgan fingerprint density at radius 1 is 1.14 bits per heavy atom. The normalized spacial score (nSPS) is 22.3. The molecule has 0 aromatic heterocycles. The lowest BCUT2D eigenvalue weighted by Crippen LogP contribution is -2.59. The van der Waals surface area contributed by atoms with E-state index in [0.717, 1.165) is 22.5 Å². The molecule has 0 aliphatic carbocycles. The molecule has 0 saturated carbocycles. The molecule has 29 heavy (non-hydrogen) atoms. The maximum Gasteiger partial charge on any atom is 0.521 e. The summed E-state index contributed by atoms with van der Waals surface area (Å²) in [5.41, 5.74) is 0.409. The van der Waals surface area contributed by atoms with Gasteiger partial charge in [-0.2, -0.15) is 9.28 Å². The number of carbonyl (C=O) groups excluding carboxylic acids is 3. The molecule has 1 fully saturated rings. The van der Waals surface area contributed by atoms with E-state index in [0.29, 0.717) is 18.4 Å². The van der Waals surface area contributed by atoms with Crippen LogP contribution in [0.15, 0.2) is 42.5 Å². The predicted molar refractivity (Wildman–Crippen MR) is 112 cm³/mol. The number of benzene rings is 2. The molecule has 2 aromatic rings. The Kier molecular flexibility index (Phi) is 6.19. The fourth-order valence-corrected chi connectivity index (χ4v) is 4.95. The van der Waals surface area contributed by atoms with E-state index in [1.165, 1.54) is 6.92 Å². The highest BCUT2D eigenvalue weighted by Gasteiger charge is 2.53. The molecule has 1 aliphatic heterocycles. The van der Waals surface area contributed by atoms with Gasteiger partial charge in [0, 0.05) is 25.3 Å². The van der Waals surface area contributed by atoms with Gasteiger partial charge in [-0.25, -0.2) is 4.79 Å². The number of fused-ring (bicyclic) bond motifs is 1. The number of quaternary nitrogens is 1. The van der Waals surface area contributed by atoms with Crippen LogP contribution in [-0.2, 0) is 9.59 Å². The summed E-state index contributed by atoms with van der Waals surface area (Å²) >= 11 is 0.794. The summed E-state index contributed by atoms with van der Waals surface area (Å²) in [6.45, 7) is 3.31. The van der Waals surface area contributed by atoms with Crippen molar-refractivity contribution < 1.29 is 28.8 Å². The lowest BCUT2D eigenvalue weighted by atomic mass is 10.0. The number of ketones is 1. The second kappa shape index (κ2) is 8.47. The number of likely N-dealkylation sites (tertiary alicyclic amines) is 1. The van der Waals surface area contributed by atoms with Gasteiger partial charge in [-0.05, 0) is 23.8 Å². The van der Waals surface area contributed by atoms with Gasteiger partial charge in [0.15, 0.2) is 10.9 Å². The molecule has 7 heteroatoms. The lowest BCUT2D eigenvalue weighted by Gasteiger charge is -2.30. The van der Waals surface area contributed by atoms with Crippen molar-refractivity contribution in [1.29, 1.82) is 0 Å². The fraction of sp³-hybridized carbons (Fsp3) is 0.364. The van der Waals surface area contributed by atoms with Crippen molar-refractivity contribution in [3.8, 4) is 0 Å². The number of amides is 2. The van der Waals surface area contributed by atoms with Gasteiger partial charge in [0.25, 0.3) is 0 Å². The van der Waals surface area contributed by atoms with E-state index < -0.39 is 21.7 Å². The summed E-state index contributed by atoms with van der Waals surface area (Å²) in [7, 11) is 0. The Balaban J connectivity index is 1.90. The summed E-state index contributed by atoms with van der Waals surface area (Å²) < 4.78 is -0.667. The SMILES string of the molecule is CC(=O)SC(CC(=O)[N+]1(C(=O)O)CCC[C@H]1C)C(=O)c1ccc2ccccc2c1. The van der Waals surface area contributed by atoms with Crippen LogP contribution in [0.4, 0.5) is 4.79 Å². The largest absolute Gasteiger partial charge is 0.521 e. The zero-order chi connectivity index (χ0) is 21.2. The lowest BCUT2D eigenvalue weighted by molar-refractivity contribution is -0.792. The molecule has 2 unspecified atom stereocenters. The third-order valence-electron chi connectivity index (χ3n) is 5.67.